The molecule has 0 amide bonds. The van der Waals surface area contributed by atoms with Crippen LogP contribution in [0.2, 0.25) is 0 Å². The van der Waals surface area contributed by atoms with E-state index < -0.39 is 0 Å². The first kappa shape index (κ1) is 21.1. The van der Waals surface area contributed by atoms with Gasteiger partial charge in [0.25, 0.3) is 0 Å². The van der Waals surface area contributed by atoms with Crippen LogP contribution in [-0.4, -0.2) is 44.0 Å². The van der Waals surface area contributed by atoms with Crippen LogP contribution in [0.3, 0.4) is 0 Å². The molecule has 2 saturated carbocycles. The number of nitrogens with zero attached hydrogens (tertiary/aromatic N) is 5. The highest BCUT2D eigenvalue weighted by Crippen LogP contribution is 2.47. The zero-order valence-corrected chi connectivity index (χ0v) is 19.9. The Kier molecular flexibility index (Phi) is 4.77. The van der Waals surface area contributed by atoms with Crippen LogP contribution in [-0.2, 0) is 7.05 Å². The number of nitrogens with one attached hydrogen (secondary N) is 3. The second kappa shape index (κ2) is 8.16. The minimum Gasteiger partial charge on any atom is -0.485 e. The van der Waals surface area contributed by atoms with E-state index in [4.69, 9.17) is 14.5 Å². The summed E-state index contributed by atoms with van der Waals surface area (Å²) >= 11 is 0. The van der Waals surface area contributed by atoms with Crippen molar-refractivity contribution < 1.29 is 9.47 Å². The Bertz CT molecular complexity index is 1520. The number of aromatic amines is 1. The van der Waals surface area contributed by atoms with Gasteiger partial charge in [0.2, 0.25) is 5.95 Å². The van der Waals surface area contributed by atoms with Crippen molar-refractivity contribution in [2.75, 3.05) is 23.8 Å². The van der Waals surface area contributed by atoms with Gasteiger partial charge in [0, 0.05) is 36.6 Å². The van der Waals surface area contributed by atoms with Crippen LogP contribution in [0, 0.1) is 23.2 Å². The predicted octanol–water partition coefficient (Wildman–Crippen LogP) is 4.35. The standard InChI is InChI=1S/C26H26N8O2/c1-34-13-17(12-29-34)18-4-5-19(23-22(18)35-6-7-36-23)31-26-32-24-21(16(10-27)11-28-24)25(33-26)30-20-9-14-2-3-15(20)8-14/h4-5,11-15,20H,2-3,6-9H2,1H3,(H3,28,30,31,32,33)/t14-,15+,20?/m0/s1. The first-order valence-electron chi connectivity index (χ1n) is 12.4. The summed E-state index contributed by atoms with van der Waals surface area (Å²) in [4.78, 5) is 12.7. The molecule has 0 saturated heterocycles. The van der Waals surface area contributed by atoms with Crippen molar-refractivity contribution in [3.63, 3.8) is 0 Å². The molecule has 3 N–H and O–H groups in total. The smallest absolute Gasteiger partial charge is 0.231 e. The van der Waals surface area contributed by atoms with Crippen LogP contribution in [0.4, 0.5) is 17.5 Å². The topological polar surface area (TPSA) is 126 Å². The van der Waals surface area contributed by atoms with Gasteiger partial charge in [-0.3, -0.25) is 4.68 Å². The third-order valence-electron chi connectivity index (χ3n) is 7.66. The number of aryl methyl sites for hydroxylation is 1. The van der Waals surface area contributed by atoms with Crippen LogP contribution >= 0.6 is 0 Å². The molecule has 3 atom stereocenters. The average Bonchev–Trinajstić information content (AvgIpc) is 3.69. The molecule has 7 rings (SSSR count). The molecule has 4 aromatic rings. The molecule has 4 heterocycles. The summed E-state index contributed by atoms with van der Waals surface area (Å²) in [5.41, 5.74) is 3.75. The van der Waals surface area contributed by atoms with Crippen LogP contribution in [0.25, 0.3) is 22.2 Å². The van der Waals surface area contributed by atoms with Gasteiger partial charge in [0.15, 0.2) is 11.5 Å². The summed E-state index contributed by atoms with van der Waals surface area (Å²) in [6, 6.07) is 6.58. The third kappa shape index (κ3) is 3.42. The molecule has 1 unspecified atom stereocenters. The number of H-pyrrole nitrogens is 1. The normalized spacial score (nSPS) is 22.1. The number of nitriles is 1. The van der Waals surface area contributed by atoms with Crippen LogP contribution < -0.4 is 20.1 Å². The monoisotopic (exact) mass is 482 g/mol. The molecule has 3 aromatic heterocycles. The van der Waals surface area contributed by atoms with Crippen molar-refractivity contribution in [1.82, 2.24) is 24.7 Å². The van der Waals surface area contributed by atoms with Gasteiger partial charge in [-0.15, -0.1) is 0 Å². The summed E-state index contributed by atoms with van der Waals surface area (Å²) in [5, 5.41) is 21.7. The van der Waals surface area contributed by atoms with E-state index in [2.05, 4.69) is 31.8 Å². The Hall–Kier alpha value is -4.26. The molecule has 0 spiro atoms. The summed E-state index contributed by atoms with van der Waals surface area (Å²) in [6.45, 7) is 0.931. The van der Waals surface area contributed by atoms with Gasteiger partial charge in [-0.1, -0.05) is 6.42 Å². The largest absolute Gasteiger partial charge is 0.485 e. The maximum absolute atomic E-state index is 9.67. The molecule has 2 fully saturated rings. The van der Waals surface area contributed by atoms with E-state index in [0.29, 0.717) is 59.6 Å². The molecular weight excluding hydrogens is 456 g/mol. The third-order valence-corrected chi connectivity index (χ3v) is 7.66. The molecule has 182 valence electrons. The summed E-state index contributed by atoms with van der Waals surface area (Å²) in [7, 11) is 1.89. The number of fused-ring (bicyclic) bond motifs is 4. The molecular formula is C26H26N8O2. The maximum Gasteiger partial charge on any atom is 0.231 e. The van der Waals surface area contributed by atoms with Crippen molar-refractivity contribution in [3.8, 4) is 28.7 Å². The molecule has 10 heteroatoms. The van der Waals surface area contributed by atoms with E-state index >= 15 is 0 Å². The highest BCUT2D eigenvalue weighted by Gasteiger charge is 2.40. The number of rotatable bonds is 5. The second-order valence-electron chi connectivity index (χ2n) is 9.90. The van der Waals surface area contributed by atoms with Crippen molar-refractivity contribution in [2.45, 2.75) is 31.7 Å². The van der Waals surface area contributed by atoms with E-state index in [9.17, 15) is 5.26 Å². The van der Waals surface area contributed by atoms with Crippen molar-refractivity contribution in [3.05, 3.63) is 36.3 Å². The van der Waals surface area contributed by atoms with E-state index in [1.807, 2.05) is 31.6 Å². The Labute approximate surface area is 207 Å². The summed E-state index contributed by atoms with van der Waals surface area (Å²) < 4.78 is 13.8. The number of anilines is 3. The van der Waals surface area contributed by atoms with E-state index in [-0.39, 0.29) is 0 Å². The van der Waals surface area contributed by atoms with Gasteiger partial charge in [-0.2, -0.15) is 20.3 Å². The molecule has 0 radical (unpaired) electrons. The lowest BCUT2D eigenvalue weighted by molar-refractivity contribution is 0.173. The lowest BCUT2D eigenvalue weighted by Gasteiger charge is -2.25. The zero-order chi connectivity index (χ0) is 24.2. The highest BCUT2D eigenvalue weighted by molar-refractivity contribution is 5.94. The predicted molar refractivity (Wildman–Crippen MR) is 134 cm³/mol. The fraction of sp³-hybridized carbons (Fsp3) is 0.385. The molecule has 1 aromatic carbocycles. The van der Waals surface area contributed by atoms with Gasteiger partial charge < -0.3 is 25.1 Å². The minimum atomic E-state index is 0.374. The molecule has 10 nitrogen and oxygen atoms in total. The summed E-state index contributed by atoms with van der Waals surface area (Å²) in [5.74, 6) is 3.87. The van der Waals surface area contributed by atoms with Gasteiger partial charge in [-0.05, 0) is 43.2 Å². The van der Waals surface area contributed by atoms with Gasteiger partial charge in [0.05, 0.1) is 22.8 Å². The van der Waals surface area contributed by atoms with Crippen LogP contribution in [0.5, 0.6) is 11.5 Å². The fourth-order valence-electron chi connectivity index (χ4n) is 6.02. The molecule has 1 aliphatic heterocycles. The SMILES string of the molecule is Cn1cc(-c2ccc(Nc3nc(NC4C[C@H]5CC[C@@H]4C5)c4c(C#N)c[nH]c4n3)c3c2OCCO3)cn1. The van der Waals surface area contributed by atoms with Crippen molar-refractivity contribution in [1.29, 1.82) is 5.26 Å². The van der Waals surface area contributed by atoms with E-state index in [1.54, 1.807) is 10.9 Å². The van der Waals surface area contributed by atoms with Gasteiger partial charge >= 0.3 is 0 Å². The average molecular weight is 483 g/mol. The van der Waals surface area contributed by atoms with Crippen LogP contribution in [0.1, 0.15) is 31.2 Å². The summed E-state index contributed by atoms with van der Waals surface area (Å²) in [6.07, 6.45) is 10.5. The van der Waals surface area contributed by atoms with Crippen molar-refractivity contribution >= 4 is 28.5 Å². The first-order valence-corrected chi connectivity index (χ1v) is 12.4. The Morgan fingerprint density at radius 2 is 2.03 bits per heavy atom. The second-order valence-corrected chi connectivity index (χ2v) is 9.90. The van der Waals surface area contributed by atoms with Gasteiger partial charge in [-0.25, -0.2) is 0 Å². The zero-order valence-electron chi connectivity index (χ0n) is 19.9. The Morgan fingerprint density at radius 1 is 1.14 bits per heavy atom. The quantitative estimate of drug-likeness (QED) is 0.383. The van der Waals surface area contributed by atoms with Crippen molar-refractivity contribution in [2.24, 2.45) is 18.9 Å². The number of aromatic nitrogens is 5. The molecule has 3 aliphatic rings. The Balaban J connectivity index is 1.27. The number of ether oxygens (including phenoxy) is 2. The molecule has 2 bridgehead atoms. The van der Waals surface area contributed by atoms with Crippen LogP contribution in [0.15, 0.2) is 30.7 Å². The number of hydrogen-bond donors (Lipinski definition) is 3. The van der Waals surface area contributed by atoms with E-state index in [1.165, 1.54) is 19.3 Å². The minimum absolute atomic E-state index is 0.374. The van der Waals surface area contributed by atoms with E-state index in [0.717, 1.165) is 34.5 Å². The number of hydrogen-bond acceptors (Lipinski definition) is 8. The molecule has 36 heavy (non-hydrogen) atoms. The maximum atomic E-state index is 9.67. The lowest BCUT2D eigenvalue weighted by atomic mass is 9.95. The first-order chi connectivity index (χ1) is 17.7. The Morgan fingerprint density at radius 3 is 2.78 bits per heavy atom. The van der Waals surface area contributed by atoms with Gasteiger partial charge in [0.1, 0.15) is 30.7 Å². The lowest BCUT2D eigenvalue weighted by Crippen LogP contribution is -2.26. The number of benzene rings is 1. The molecule has 2 aliphatic carbocycles. The fourth-order valence-corrected chi connectivity index (χ4v) is 6.02. The highest BCUT2D eigenvalue weighted by atomic mass is 16.6.